The predicted molar refractivity (Wildman–Crippen MR) is 86.0 cm³/mol. The van der Waals surface area contributed by atoms with Gasteiger partial charge in [0.2, 0.25) is 11.8 Å². The number of anilines is 1. The third kappa shape index (κ3) is 3.71. The molecule has 2 aliphatic rings. The summed E-state index contributed by atoms with van der Waals surface area (Å²) >= 11 is 6.01. The van der Waals surface area contributed by atoms with E-state index in [-0.39, 0.29) is 24.3 Å². The summed E-state index contributed by atoms with van der Waals surface area (Å²) in [7, 11) is 0. The second kappa shape index (κ2) is 6.57. The van der Waals surface area contributed by atoms with Gasteiger partial charge in [0.1, 0.15) is 0 Å². The van der Waals surface area contributed by atoms with Gasteiger partial charge in [-0.05, 0) is 31.0 Å². The number of hydrogen-bond donors (Lipinski definition) is 1. The van der Waals surface area contributed by atoms with Gasteiger partial charge in [0, 0.05) is 42.8 Å². The van der Waals surface area contributed by atoms with Crippen LogP contribution in [0.25, 0.3) is 0 Å². The molecule has 118 valence electrons. The average Bonchev–Trinajstić information content (AvgIpc) is 3.37. The lowest BCUT2D eigenvalue weighted by atomic mass is 10.2. The Morgan fingerprint density at radius 3 is 2.55 bits per heavy atom. The van der Waals surface area contributed by atoms with Gasteiger partial charge in [0.05, 0.1) is 6.54 Å². The van der Waals surface area contributed by atoms with Crippen molar-refractivity contribution in [2.75, 3.05) is 37.6 Å². The smallest absolute Gasteiger partial charge is 0.242 e. The van der Waals surface area contributed by atoms with Gasteiger partial charge in [-0.25, -0.2) is 0 Å². The Morgan fingerprint density at radius 2 is 1.91 bits per heavy atom. The van der Waals surface area contributed by atoms with E-state index in [1.54, 1.807) is 0 Å². The Hall–Kier alpha value is -1.75. The van der Waals surface area contributed by atoms with Crippen LogP contribution in [0.3, 0.4) is 0 Å². The molecular weight excluding hydrogens is 302 g/mol. The maximum atomic E-state index is 12.1. The molecule has 2 amide bonds. The van der Waals surface area contributed by atoms with E-state index in [0.29, 0.717) is 13.1 Å². The fourth-order valence-electron chi connectivity index (χ4n) is 2.65. The maximum absolute atomic E-state index is 12.1. The minimum atomic E-state index is -0.000237. The second-order valence-electron chi connectivity index (χ2n) is 5.84. The van der Waals surface area contributed by atoms with E-state index < -0.39 is 0 Å². The lowest BCUT2D eigenvalue weighted by molar-refractivity contribution is -0.133. The number of piperazine rings is 1. The number of halogens is 1. The first-order valence-electron chi connectivity index (χ1n) is 7.69. The van der Waals surface area contributed by atoms with E-state index >= 15 is 0 Å². The Bertz CT molecular complexity index is 566. The molecule has 1 saturated heterocycles. The zero-order valence-electron chi connectivity index (χ0n) is 12.4. The van der Waals surface area contributed by atoms with Crippen LogP contribution in [0.2, 0.25) is 5.02 Å². The summed E-state index contributed by atoms with van der Waals surface area (Å²) < 4.78 is 0. The molecule has 3 rings (SSSR count). The van der Waals surface area contributed by atoms with Crippen molar-refractivity contribution in [1.82, 2.24) is 10.2 Å². The van der Waals surface area contributed by atoms with E-state index in [0.717, 1.165) is 36.6 Å². The summed E-state index contributed by atoms with van der Waals surface area (Å²) in [4.78, 5) is 27.7. The van der Waals surface area contributed by atoms with Gasteiger partial charge < -0.3 is 15.1 Å². The average molecular weight is 322 g/mol. The van der Waals surface area contributed by atoms with Crippen molar-refractivity contribution in [2.45, 2.75) is 12.8 Å². The van der Waals surface area contributed by atoms with Crippen LogP contribution in [0.5, 0.6) is 0 Å². The highest BCUT2D eigenvalue weighted by Gasteiger charge is 2.30. The lowest BCUT2D eigenvalue weighted by Crippen LogP contribution is -2.51. The van der Waals surface area contributed by atoms with Gasteiger partial charge in [0.25, 0.3) is 0 Å². The molecule has 0 radical (unpaired) electrons. The molecule has 0 bridgehead atoms. The number of rotatable bonds is 4. The van der Waals surface area contributed by atoms with Gasteiger partial charge in [0.15, 0.2) is 0 Å². The van der Waals surface area contributed by atoms with Crippen molar-refractivity contribution in [2.24, 2.45) is 5.92 Å². The molecule has 6 heteroatoms. The minimum Gasteiger partial charge on any atom is -0.368 e. The third-order valence-electron chi connectivity index (χ3n) is 4.17. The second-order valence-corrected chi connectivity index (χ2v) is 6.28. The molecule has 0 aromatic heterocycles. The monoisotopic (exact) mass is 321 g/mol. The van der Waals surface area contributed by atoms with Crippen molar-refractivity contribution in [1.29, 1.82) is 0 Å². The standard InChI is InChI=1S/C16H20ClN3O2/c17-13-2-1-3-14(10-13)19-6-8-20(9-7-19)15(21)11-18-16(22)12-4-5-12/h1-3,10,12H,4-9,11H2,(H,18,22). The summed E-state index contributed by atoms with van der Waals surface area (Å²) in [5.74, 6) is 0.165. The molecule has 1 aliphatic heterocycles. The van der Waals surface area contributed by atoms with Crippen LogP contribution in [0, 0.1) is 5.92 Å². The highest BCUT2D eigenvalue weighted by molar-refractivity contribution is 6.30. The Kier molecular flexibility index (Phi) is 4.52. The van der Waals surface area contributed by atoms with E-state index in [2.05, 4.69) is 10.2 Å². The van der Waals surface area contributed by atoms with Gasteiger partial charge >= 0.3 is 0 Å². The predicted octanol–water partition coefficient (Wildman–Crippen LogP) is 1.51. The van der Waals surface area contributed by atoms with Crippen LogP contribution in [-0.2, 0) is 9.59 Å². The fraction of sp³-hybridized carbons (Fsp3) is 0.500. The summed E-state index contributed by atoms with van der Waals surface area (Å²) in [6, 6.07) is 7.75. The molecular formula is C16H20ClN3O2. The number of amides is 2. The van der Waals surface area contributed by atoms with Crippen molar-refractivity contribution >= 4 is 29.1 Å². The zero-order chi connectivity index (χ0) is 15.5. The van der Waals surface area contributed by atoms with Crippen LogP contribution in [0.1, 0.15) is 12.8 Å². The Morgan fingerprint density at radius 1 is 1.18 bits per heavy atom. The van der Waals surface area contributed by atoms with E-state index in [1.165, 1.54) is 0 Å². The quantitative estimate of drug-likeness (QED) is 0.914. The molecule has 1 N–H and O–H groups in total. The molecule has 0 atom stereocenters. The molecule has 1 aromatic rings. The number of hydrogen-bond acceptors (Lipinski definition) is 3. The van der Waals surface area contributed by atoms with Crippen LogP contribution in [-0.4, -0.2) is 49.4 Å². The van der Waals surface area contributed by atoms with Gasteiger partial charge in [-0.1, -0.05) is 17.7 Å². The van der Waals surface area contributed by atoms with Crippen molar-refractivity contribution in [3.05, 3.63) is 29.3 Å². The highest BCUT2D eigenvalue weighted by Crippen LogP contribution is 2.28. The molecule has 1 saturated carbocycles. The zero-order valence-corrected chi connectivity index (χ0v) is 13.2. The first kappa shape index (κ1) is 15.2. The van der Waals surface area contributed by atoms with E-state index in [9.17, 15) is 9.59 Å². The van der Waals surface area contributed by atoms with Crippen LogP contribution in [0.4, 0.5) is 5.69 Å². The first-order valence-corrected chi connectivity index (χ1v) is 8.07. The molecule has 1 aromatic carbocycles. The van der Waals surface area contributed by atoms with Crippen molar-refractivity contribution < 1.29 is 9.59 Å². The molecule has 1 aliphatic carbocycles. The third-order valence-corrected chi connectivity index (χ3v) is 4.40. The lowest BCUT2D eigenvalue weighted by Gasteiger charge is -2.36. The van der Waals surface area contributed by atoms with Gasteiger partial charge in [-0.2, -0.15) is 0 Å². The summed E-state index contributed by atoms with van der Waals surface area (Å²) in [6.45, 7) is 3.02. The van der Waals surface area contributed by atoms with Crippen molar-refractivity contribution in [3.63, 3.8) is 0 Å². The van der Waals surface area contributed by atoms with E-state index in [4.69, 9.17) is 11.6 Å². The summed E-state index contributed by atoms with van der Waals surface area (Å²) in [5, 5.41) is 3.45. The first-order chi connectivity index (χ1) is 10.6. The molecule has 1 heterocycles. The molecule has 0 unspecified atom stereocenters. The van der Waals surface area contributed by atoms with E-state index in [1.807, 2.05) is 29.2 Å². The van der Waals surface area contributed by atoms with Crippen LogP contribution in [0.15, 0.2) is 24.3 Å². The number of benzene rings is 1. The molecule has 22 heavy (non-hydrogen) atoms. The molecule has 5 nitrogen and oxygen atoms in total. The number of nitrogens with zero attached hydrogens (tertiary/aromatic N) is 2. The van der Waals surface area contributed by atoms with Crippen LogP contribution >= 0.6 is 11.6 Å². The number of carbonyl (C=O) groups is 2. The Labute approximate surface area is 135 Å². The van der Waals surface area contributed by atoms with Crippen LogP contribution < -0.4 is 10.2 Å². The maximum Gasteiger partial charge on any atom is 0.242 e. The fourth-order valence-corrected chi connectivity index (χ4v) is 2.84. The number of carbonyl (C=O) groups excluding carboxylic acids is 2. The normalized spacial score (nSPS) is 18.2. The Balaban J connectivity index is 1.46. The SMILES string of the molecule is O=C(NCC(=O)N1CCN(c2cccc(Cl)c2)CC1)C1CC1. The molecule has 2 fully saturated rings. The number of nitrogens with one attached hydrogen (secondary N) is 1. The van der Waals surface area contributed by atoms with Gasteiger partial charge in [-0.3, -0.25) is 9.59 Å². The topological polar surface area (TPSA) is 52.7 Å². The highest BCUT2D eigenvalue weighted by atomic mass is 35.5. The summed E-state index contributed by atoms with van der Waals surface area (Å²) in [6.07, 6.45) is 1.91. The largest absolute Gasteiger partial charge is 0.368 e. The van der Waals surface area contributed by atoms with Gasteiger partial charge in [-0.15, -0.1) is 0 Å². The summed E-state index contributed by atoms with van der Waals surface area (Å²) in [5.41, 5.74) is 1.08. The van der Waals surface area contributed by atoms with Crippen molar-refractivity contribution in [3.8, 4) is 0 Å². The molecule has 0 spiro atoms. The minimum absolute atomic E-state index is 0.000237.